The zero-order valence-corrected chi connectivity index (χ0v) is 26.1. The number of hydrogen-bond donors (Lipinski definition) is 3. The van der Waals surface area contributed by atoms with E-state index in [1.54, 1.807) is 12.1 Å². The van der Waals surface area contributed by atoms with Gasteiger partial charge in [-0.2, -0.15) is 0 Å². The molecule has 0 amide bonds. The van der Waals surface area contributed by atoms with E-state index < -0.39 is 13.9 Å². The predicted octanol–water partition coefficient (Wildman–Crippen LogP) is 5.33. The van der Waals surface area contributed by atoms with Crippen molar-refractivity contribution in [1.29, 1.82) is 0 Å². The molecule has 0 spiro atoms. The summed E-state index contributed by atoms with van der Waals surface area (Å²) in [7, 11) is -2.11. The van der Waals surface area contributed by atoms with E-state index in [2.05, 4.69) is 49.1 Å². The number of likely N-dealkylation sites (tertiary alicyclic amines) is 1. The number of esters is 1. The van der Waals surface area contributed by atoms with Crippen LogP contribution >= 0.6 is 0 Å². The number of carbonyl (C=O) groups is 1. The van der Waals surface area contributed by atoms with Crippen molar-refractivity contribution < 1.29 is 19.1 Å². The summed E-state index contributed by atoms with van der Waals surface area (Å²) in [5.74, 6) is 0.484. The minimum atomic E-state index is -2.11. The number of phenols is 1. The molecule has 0 saturated carbocycles. The Bertz CT molecular complexity index is 1170. The van der Waals surface area contributed by atoms with Crippen LogP contribution in [0.1, 0.15) is 72.5 Å². The first-order chi connectivity index (χ1) is 18.1. The van der Waals surface area contributed by atoms with Gasteiger partial charge in [-0.05, 0) is 95.0 Å². The summed E-state index contributed by atoms with van der Waals surface area (Å²) in [6, 6.07) is 6.83. The minimum Gasteiger partial charge on any atom is -0.506 e. The standard InChI is InChI=1S/C30H49N3O5Si/c1-29(2,3)37-27(36)15-18-33-16-13-21(14-17-33)19-31-20-25(38-39(7,8)30(4,5)6)22-9-11-24(34)28-23(22)10-12-26(35)32-28/h9-12,21,25,31,34H,13-20H2,1-8H3,(H,32,35)/t25-/m0/s1. The molecule has 8 nitrogen and oxygen atoms in total. The van der Waals surface area contributed by atoms with Crippen molar-refractivity contribution in [3.8, 4) is 5.75 Å². The Labute approximate surface area is 234 Å². The molecular weight excluding hydrogens is 510 g/mol. The molecule has 1 atom stereocenters. The summed E-state index contributed by atoms with van der Waals surface area (Å²) in [4.78, 5) is 29.2. The maximum Gasteiger partial charge on any atom is 0.307 e. The minimum absolute atomic E-state index is 0.0401. The summed E-state index contributed by atoms with van der Waals surface area (Å²) in [5, 5.41) is 14.9. The van der Waals surface area contributed by atoms with E-state index in [1.807, 2.05) is 26.8 Å². The molecule has 1 aliphatic rings. The van der Waals surface area contributed by atoms with Crippen molar-refractivity contribution in [2.75, 3.05) is 32.7 Å². The third kappa shape index (κ3) is 8.90. The lowest BCUT2D eigenvalue weighted by Gasteiger charge is -2.40. The molecule has 9 heteroatoms. The number of benzene rings is 1. The molecule has 1 aromatic heterocycles. The van der Waals surface area contributed by atoms with Crippen molar-refractivity contribution in [2.45, 2.75) is 90.6 Å². The van der Waals surface area contributed by atoms with E-state index in [0.29, 0.717) is 24.4 Å². The number of fused-ring (bicyclic) bond motifs is 1. The fourth-order valence-electron chi connectivity index (χ4n) is 4.76. The molecule has 0 unspecified atom stereocenters. The van der Waals surface area contributed by atoms with E-state index in [1.165, 1.54) is 6.07 Å². The van der Waals surface area contributed by atoms with Gasteiger partial charge in [0.25, 0.3) is 0 Å². The average Bonchev–Trinajstić information content (AvgIpc) is 2.82. The topological polar surface area (TPSA) is 104 Å². The second-order valence-corrected chi connectivity index (χ2v) is 18.2. The lowest BCUT2D eigenvalue weighted by molar-refractivity contribution is -0.155. The fourth-order valence-corrected chi connectivity index (χ4v) is 6.04. The van der Waals surface area contributed by atoms with Gasteiger partial charge in [-0.1, -0.05) is 26.8 Å². The largest absolute Gasteiger partial charge is 0.506 e. The smallest absolute Gasteiger partial charge is 0.307 e. The molecule has 2 aromatic rings. The number of rotatable bonds is 10. The van der Waals surface area contributed by atoms with Crippen molar-refractivity contribution in [2.24, 2.45) is 5.92 Å². The number of carbonyl (C=O) groups excluding carboxylic acids is 1. The van der Waals surface area contributed by atoms with Crippen LogP contribution in [-0.4, -0.2) is 67.6 Å². The number of pyridine rings is 1. The van der Waals surface area contributed by atoms with Crippen molar-refractivity contribution in [1.82, 2.24) is 15.2 Å². The maximum absolute atomic E-state index is 12.1. The van der Waals surface area contributed by atoms with Crippen LogP contribution in [0.15, 0.2) is 29.1 Å². The van der Waals surface area contributed by atoms with Gasteiger partial charge < -0.3 is 29.5 Å². The van der Waals surface area contributed by atoms with Crippen LogP contribution in [0.5, 0.6) is 5.75 Å². The number of ether oxygens (including phenoxy) is 1. The normalized spacial score (nSPS) is 16.9. The Kier molecular flexibility index (Phi) is 10.1. The molecule has 1 saturated heterocycles. The summed E-state index contributed by atoms with van der Waals surface area (Å²) in [6.45, 7) is 21.1. The number of hydrogen-bond acceptors (Lipinski definition) is 7. The van der Waals surface area contributed by atoms with Gasteiger partial charge in [-0.15, -0.1) is 0 Å². The third-order valence-electron chi connectivity index (χ3n) is 8.02. The number of H-pyrrole nitrogens is 1. The molecule has 3 N–H and O–H groups in total. The van der Waals surface area contributed by atoms with Crippen LogP contribution in [-0.2, 0) is 14.0 Å². The number of aromatic nitrogens is 1. The summed E-state index contributed by atoms with van der Waals surface area (Å²) in [5.41, 5.74) is 0.731. The van der Waals surface area contributed by atoms with E-state index in [9.17, 15) is 14.7 Å². The highest BCUT2D eigenvalue weighted by Gasteiger charge is 2.39. The number of phenolic OH excluding ortho intramolecular Hbond substituents is 1. The first-order valence-electron chi connectivity index (χ1n) is 14.2. The first kappa shape index (κ1) is 31.3. The Morgan fingerprint density at radius 3 is 2.41 bits per heavy atom. The highest BCUT2D eigenvalue weighted by molar-refractivity contribution is 6.74. The maximum atomic E-state index is 12.1. The zero-order chi connectivity index (χ0) is 29.0. The zero-order valence-electron chi connectivity index (χ0n) is 25.1. The lowest BCUT2D eigenvalue weighted by atomic mass is 9.96. The monoisotopic (exact) mass is 559 g/mol. The fraction of sp³-hybridized carbons (Fsp3) is 0.667. The van der Waals surface area contributed by atoms with Gasteiger partial charge in [0.1, 0.15) is 11.4 Å². The van der Waals surface area contributed by atoms with E-state index in [0.717, 1.165) is 50.0 Å². The molecule has 0 aliphatic carbocycles. The average molecular weight is 560 g/mol. The highest BCUT2D eigenvalue weighted by atomic mass is 28.4. The second kappa shape index (κ2) is 12.5. The SMILES string of the molecule is CC(C)(C)OC(=O)CCN1CCC(CNC[C@H](O[Si](C)(C)C(C)(C)C)c2ccc(O)c3[nH]c(=O)ccc23)CC1. The summed E-state index contributed by atoms with van der Waals surface area (Å²) >= 11 is 0. The van der Waals surface area contributed by atoms with Crippen molar-refractivity contribution in [3.05, 3.63) is 40.2 Å². The number of piperidine rings is 1. The number of nitrogens with zero attached hydrogens (tertiary/aromatic N) is 1. The summed E-state index contributed by atoms with van der Waals surface area (Å²) in [6.07, 6.45) is 2.38. The van der Waals surface area contributed by atoms with Gasteiger partial charge in [0, 0.05) is 24.5 Å². The van der Waals surface area contributed by atoms with Crippen LogP contribution in [0, 0.1) is 5.92 Å². The van der Waals surface area contributed by atoms with Crippen LogP contribution in [0.25, 0.3) is 10.9 Å². The number of aromatic hydroxyl groups is 1. The van der Waals surface area contributed by atoms with Crippen LogP contribution < -0.4 is 10.9 Å². The molecule has 1 aliphatic heterocycles. The number of nitrogens with one attached hydrogen (secondary N) is 2. The Balaban J connectivity index is 1.63. The molecule has 1 fully saturated rings. The van der Waals surface area contributed by atoms with E-state index >= 15 is 0 Å². The van der Waals surface area contributed by atoms with Crippen molar-refractivity contribution in [3.63, 3.8) is 0 Å². The lowest BCUT2D eigenvalue weighted by Crippen LogP contribution is -2.44. The molecule has 218 valence electrons. The van der Waals surface area contributed by atoms with E-state index in [4.69, 9.17) is 9.16 Å². The molecule has 39 heavy (non-hydrogen) atoms. The van der Waals surface area contributed by atoms with Gasteiger partial charge >= 0.3 is 5.97 Å². The Morgan fingerprint density at radius 1 is 1.13 bits per heavy atom. The first-order valence-corrected chi connectivity index (χ1v) is 17.1. The second-order valence-electron chi connectivity index (χ2n) is 13.4. The molecule has 0 bridgehead atoms. The van der Waals surface area contributed by atoms with Gasteiger partial charge in [-0.25, -0.2) is 0 Å². The predicted molar refractivity (Wildman–Crippen MR) is 160 cm³/mol. The van der Waals surface area contributed by atoms with Gasteiger partial charge in [0.05, 0.1) is 18.0 Å². The molecule has 3 rings (SSSR count). The van der Waals surface area contributed by atoms with Gasteiger partial charge in [0.2, 0.25) is 5.56 Å². The highest BCUT2D eigenvalue weighted by Crippen LogP contribution is 2.41. The van der Waals surface area contributed by atoms with Gasteiger partial charge in [0.15, 0.2) is 8.32 Å². The molecular formula is C30H49N3O5Si. The van der Waals surface area contributed by atoms with Gasteiger partial charge in [-0.3, -0.25) is 9.59 Å². The number of aromatic amines is 1. The molecule has 2 heterocycles. The van der Waals surface area contributed by atoms with Crippen molar-refractivity contribution >= 4 is 25.2 Å². The van der Waals surface area contributed by atoms with Crippen LogP contribution in [0.4, 0.5) is 0 Å². The summed E-state index contributed by atoms with van der Waals surface area (Å²) < 4.78 is 12.4. The third-order valence-corrected chi connectivity index (χ3v) is 12.5. The Morgan fingerprint density at radius 2 is 1.79 bits per heavy atom. The van der Waals surface area contributed by atoms with Crippen LogP contribution in [0.2, 0.25) is 18.1 Å². The molecule has 1 aromatic carbocycles. The van der Waals surface area contributed by atoms with E-state index in [-0.39, 0.29) is 28.4 Å². The van der Waals surface area contributed by atoms with Crippen LogP contribution in [0.3, 0.4) is 0 Å². The Hall–Kier alpha value is -2.20. The quantitative estimate of drug-likeness (QED) is 0.267. The molecule has 0 radical (unpaired) electrons.